The first-order valence-electron chi connectivity index (χ1n) is 16.9. The van der Waals surface area contributed by atoms with Gasteiger partial charge in [0, 0.05) is 0 Å². The maximum absolute atomic E-state index is 2.54. The Bertz CT molecular complexity index is 2570. The first-order valence-corrected chi connectivity index (χ1v) is 16.9. The topological polar surface area (TPSA) is 0 Å². The highest BCUT2D eigenvalue weighted by atomic mass is 14.5. The van der Waals surface area contributed by atoms with E-state index in [9.17, 15) is 0 Å². The Morgan fingerprint density at radius 1 is 0.375 bits per heavy atom. The van der Waals surface area contributed by atoms with Crippen molar-refractivity contribution < 1.29 is 0 Å². The van der Waals surface area contributed by atoms with Crippen LogP contribution in [0.4, 0.5) is 0 Å². The van der Waals surface area contributed by atoms with Gasteiger partial charge >= 0.3 is 0 Å². The summed E-state index contributed by atoms with van der Waals surface area (Å²) in [6.45, 7) is 2.07. The monoisotopic (exact) mass is 608 g/mol. The minimum absolute atomic E-state index is 0.376. The van der Waals surface area contributed by atoms with Gasteiger partial charge in [-0.1, -0.05) is 158 Å². The van der Waals surface area contributed by atoms with E-state index in [0.29, 0.717) is 0 Å². The zero-order chi connectivity index (χ0) is 31.8. The van der Waals surface area contributed by atoms with E-state index in [1.54, 1.807) is 0 Å². The molecular weight excluding hydrogens is 577 g/mol. The summed E-state index contributed by atoms with van der Waals surface area (Å²) in [5, 5.41) is 5.09. The van der Waals surface area contributed by atoms with E-state index >= 15 is 0 Å². The third-order valence-electron chi connectivity index (χ3n) is 10.8. The summed E-state index contributed by atoms with van der Waals surface area (Å²) in [6, 6.07) is 61.5. The third-order valence-corrected chi connectivity index (χ3v) is 10.8. The minimum atomic E-state index is -0.376. The average Bonchev–Trinajstić information content (AvgIpc) is 3.61. The molecule has 0 nitrogen and oxygen atoms in total. The lowest BCUT2D eigenvalue weighted by Crippen LogP contribution is -2.25. The number of benzene rings is 8. The van der Waals surface area contributed by atoms with Gasteiger partial charge < -0.3 is 0 Å². The fourth-order valence-electron chi connectivity index (χ4n) is 8.76. The Kier molecular flexibility index (Phi) is 5.81. The third kappa shape index (κ3) is 3.66. The zero-order valence-corrected chi connectivity index (χ0v) is 26.7. The van der Waals surface area contributed by atoms with Gasteiger partial charge in [0.1, 0.15) is 0 Å². The van der Waals surface area contributed by atoms with Gasteiger partial charge in [-0.2, -0.15) is 0 Å². The predicted octanol–water partition coefficient (Wildman–Crippen LogP) is 12.7. The van der Waals surface area contributed by atoms with Crippen LogP contribution in [0.15, 0.2) is 170 Å². The molecule has 0 amide bonds. The van der Waals surface area contributed by atoms with E-state index in [0.717, 1.165) is 0 Å². The molecule has 0 heterocycles. The zero-order valence-electron chi connectivity index (χ0n) is 26.7. The SMILES string of the molecule is C/C=C/c1ccc(-c2ccc(-c3ccc4ccccc4c3)c3cc4c(cc23)C2(c3ccccc3-c3ccccc32)c2ccccc2-4)cc1. The molecule has 0 fully saturated rings. The lowest BCUT2D eigenvalue weighted by Gasteiger charge is -2.30. The van der Waals surface area contributed by atoms with Gasteiger partial charge in [-0.25, -0.2) is 0 Å². The molecule has 0 atom stereocenters. The second-order valence-corrected chi connectivity index (χ2v) is 13.2. The molecule has 8 aromatic carbocycles. The largest absolute Gasteiger partial charge is 0.0871 e. The number of fused-ring (bicyclic) bond motifs is 12. The molecular formula is C48H32. The van der Waals surface area contributed by atoms with E-state index in [1.807, 2.05) is 0 Å². The van der Waals surface area contributed by atoms with Crippen molar-refractivity contribution in [2.45, 2.75) is 12.3 Å². The molecule has 0 aromatic heterocycles. The van der Waals surface area contributed by atoms with Crippen LogP contribution >= 0.6 is 0 Å². The molecule has 1 spiro atoms. The smallest absolute Gasteiger partial charge is 0.0725 e. The van der Waals surface area contributed by atoms with Crippen LogP contribution in [0.3, 0.4) is 0 Å². The minimum Gasteiger partial charge on any atom is -0.0871 e. The normalized spacial score (nSPS) is 13.6. The van der Waals surface area contributed by atoms with Crippen LogP contribution < -0.4 is 0 Å². The molecule has 2 aliphatic carbocycles. The molecule has 8 aromatic rings. The van der Waals surface area contributed by atoms with E-state index in [2.05, 4.69) is 183 Å². The Balaban J connectivity index is 1.33. The summed E-state index contributed by atoms with van der Waals surface area (Å²) in [6.07, 6.45) is 4.26. The molecule has 2 aliphatic rings. The van der Waals surface area contributed by atoms with Crippen molar-refractivity contribution in [1.29, 1.82) is 0 Å². The maximum Gasteiger partial charge on any atom is 0.0725 e. The Hall–Kier alpha value is -5.98. The summed E-state index contributed by atoms with van der Waals surface area (Å²) in [7, 11) is 0. The molecule has 0 unspecified atom stereocenters. The van der Waals surface area contributed by atoms with Crippen LogP contribution in [0.2, 0.25) is 0 Å². The lowest BCUT2D eigenvalue weighted by molar-refractivity contribution is 0.795. The Labute approximate surface area is 281 Å². The highest BCUT2D eigenvalue weighted by Crippen LogP contribution is 2.63. The van der Waals surface area contributed by atoms with Crippen molar-refractivity contribution in [2.75, 3.05) is 0 Å². The molecule has 0 saturated carbocycles. The molecule has 0 bridgehead atoms. The van der Waals surface area contributed by atoms with E-state index in [4.69, 9.17) is 0 Å². The quantitative estimate of drug-likeness (QED) is 0.187. The van der Waals surface area contributed by atoms with Gasteiger partial charge in [-0.3, -0.25) is 0 Å². The number of hydrogen-bond donors (Lipinski definition) is 0. The average molecular weight is 609 g/mol. The molecule has 224 valence electrons. The molecule has 0 radical (unpaired) electrons. The summed E-state index contributed by atoms with van der Waals surface area (Å²) >= 11 is 0. The lowest BCUT2D eigenvalue weighted by atomic mass is 9.70. The van der Waals surface area contributed by atoms with Crippen LogP contribution in [0.5, 0.6) is 0 Å². The van der Waals surface area contributed by atoms with Crippen LogP contribution in [0.1, 0.15) is 34.7 Å². The summed E-state index contributed by atoms with van der Waals surface area (Å²) < 4.78 is 0. The molecule has 48 heavy (non-hydrogen) atoms. The summed E-state index contributed by atoms with van der Waals surface area (Å²) in [5.41, 5.74) is 16.6. The van der Waals surface area contributed by atoms with E-state index in [-0.39, 0.29) is 5.41 Å². The summed E-state index contributed by atoms with van der Waals surface area (Å²) in [4.78, 5) is 0. The second-order valence-electron chi connectivity index (χ2n) is 13.2. The van der Waals surface area contributed by atoms with Crippen molar-refractivity contribution in [2.24, 2.45) is 0 Å². The van der Waals surface area contributed by atoms with Gasteiger partial charge in [-0.15, -0.1) is 0 Å². The van der Waals surface area contributed by atoms with Gasteiger partial charge in [0.2, 0.25) is 0 Å². The van der Waals surface area contributed by atoms with E-state index in [1.165, 1.54) is 93.9 Å². The van der Waals surface area contributed by atoms with Gasteiger partial charge in [-0.05, 0) is 119 Å². The molecule has 0 aliphatic heterocycles. The number of rotatable bonds is 3. The van der Waals surface area contributed by atoms with Crippen LogP contribution in [0, 0.1) is 0 Å². The van der Waals surface area contributed by atoms with Crippen molar-refractivity contribution >= 4 is 27.6 Å². The van der Waals surface area contributed by atoms with Gasteiger partial charge in [0.25, 0.3) is 0 Å². The van der Waals surface area contributed by atoms with Crippen molar-refractivity contribution in [3.05, 3.63) is 198 Å². The fraction of sp³-hybridized carbons (Fsp3) is 0.0417. The standard InChI is InChI=1S/C48H32/c1-2-11-31-20-22-33(23-21-31)36-26-27-37(35-25-24-32-12-3-4-13-34(32)28-35)41-29-43-40-16-7-10-19-46(40)48(47(43)30-42(36)41)44-17-8-5-14-38(44)39-15-6-9-18-45(39)48/h2-30H,1H3/b11-2+. The Morgan fingerprint density at radius 3 is 1.54 bits per heavy atom. The van der Waals surface area contributed by atoms with Crippen molar-refractivity contribution in [3.63, 3.8) is 0 Å². The molecule has 0 saturated heterocycles. The first kappa shape index (κ1) is 27.2. The highest BCUT2D eigenvalue weighted by Gasteiger charge is 2.51. The van der Waals surface area contributed by atoms with Crippen molar-refractivity contribution in [1.82, 2.24) is 0 Å². The van der Waals surface area contributed by atoms with E-state index < -0.39 is 0 Å². The second kappa shape index (κ2) is 10.3. The van der Waals surface area contributed by atoms with Crippen LogP contribution in [0.25, 0.3) is 72.1 Å². The molecule has 10 rings (SSSR count). The number of allylic oxidation sites excluding steroid dienone is 1. The number of hydrogen-bond acceptors (Lipinski definition) is 0. The Morgan fingerprint density at radius 2 is 0.896 bits per heavy atom. The fourth-order valence-corrected chi connectivity index (χ4v) is 8.76. The van der Waals surface area contributed by atoms with Crippen LogP contribution in [-0.4, -0.2) is 0 Å². The summed E-state index contributed by atoms with van der Waals surface area (Å²) in [5.74, 6) is 0. The van der Waals surface area contributed by atoms with Gasteiger partial charge in [0.05, 0.1) is 5.41 Å². The van der Waals surface area contributed by atoms with Gasteiger partial charge in [0.15, 0.2) is 0 Å². The molecule has 0 N–H and O–H groups in total. The maximum atomic E-state index is 2.54. The molecule has 0 heteroatoms. The first-order chi connectivity index (χ1) is 23.8. The van der Waals surface area contributed by atoms with Crippen LogP contribution in [-0.2, 0) is 5.41 Å². The highest BCUT2D eigenvalue weighted by molar-refractivity contribution is 6.10. The predicted molar refractivity (Wildman–Crippen MR) is 203 cm³/mol. The van der Waals surface area contributed by atoms with Crippen molar-refractivity contribution in [3.8, 4) is 44.5 Å².